The Hall–Kier alpha value is -2.69. The highest BCUT2D eigenvalue weighted by Gasteiger charge is 2.18. The van der Waals surface area contributed by atoms with Gasteiger partial charge in [-0.1, -0.05) is 6.92 Å². The Morgan fingerprint density at radius 3 is 2.76 bits per heavy atom. The van der Waals surface area contributed by atoms with Gasteiger partial charge in [-0.2, -0.15) is 0 Å². The van der Waals surface area contributed by atoms with E-state index in [1.165, 1.54) is 12.8 Å². The van der Waals surface area contributed by atoms with Gasteiger partial charge in [0, 0.05) is 30.4 Å². The highest BCUT2D eigenvalue weighted by molar-refractivity contribution is 5.92. The lowest BCUT2D eigenvalue weighted by atomic mass is 9.99. The standard InChI is InChI=1S/C20H22N4O/c1-13-5-8-24(9-6-13)18-12-22-19-16(10-14(2)11-17(19)23-18)15-4-3-7-21-20(15)25/h3-4,7,10-13H,5-6,8-9H2,1-2H3,(H,21,25). The number of aromatic amines is 1. The molecule has 1 aliphatic heterocycles. The first-order chi connectivity index (χ1) is 12.1. The molecular formula is C20H22N4O. The monoisotopic (exact) mass is 334 g/mol. The van der Waals surface area contributed by atoms with Crippen molar-refractivity contribution < 1.29 is 0 Å². The number of rotatable bonds is 2. The van der Waals surface area contributed by atoms with Crippen LogP contribution in [0.2, 0.25) is 0 Å². The van der Waals surface area contributed by atoms with Crippen molar-refractivity contribution in [3.8, 4) is 11.1 Å². The molecule has 0 bridgehead atoms. The van der Waals surface area contributed by atoms with Gasteiger partial charge < -0.3 is 9.88 Å². The molecule has 0 amide bonds. The van der Waals surface area contributed by atoms with Crippen molar-refractivity contribution >= 4 is 16.9 Å². The molecule has 1 N–H and O–H groups in total. The zero-order chi connectivity index (χ0) is 17.4. The van der Waals surface area contributed by atoms with Crippen LogP contribution in [0.3, 0.4) is 0 Å². The lowest BCUT2D eigenvalue weighted by molar-refractivity contribution is 0.436. The van der Waals surface area contributed by atoms with Crippen LogP contribution in [-0.2, 0) is 0 Å². The molecule has 0 saturated carbocycles. The third-order valence-electron chi connectivity index (χ3n) is 4.99. The van der Waals surface area contributed by atoms with Crippen molar-refractivity contribution in [2.24, 2.45) is 5.92 Å². The summed E-state index contributed by atoms with van der Waals surface area (Å²) in [6.07, 6.45) is 5.87. The smallest absolute Gasteiger partial charge is 0.255 e. The second kappa shape index (κ2) is 6.31. The molecule has 25 heavy (non-hydrogen) atoms. The van der Waals surface area contributed by atoms with Crippen LogP contribution in [-0.4, -0.2) is 28.0 Å². The van der Waals surface area contributed by atoms with Gasteiger partial charge in [-0.25, -0.2) is 4.98 Å². The summed E-state index contributed by atoms with van der Waals surface area (Å²) in [6.45, 7) is 6.38. The summed E-state index contributed by atoms with van der Waals surface area (Å²) >= 11 is 0. The molecule has 0 spiro atoms. The molecule has 5 nitrogen and oxygen atoms in total. The van der Waals surface area contributed by atoms with Crippen LogP contribution < -0.4 is 10.5 Å². The Labute approximate surface area is 146 Å². The van der Waals surface area contributed by atoms with Gasteiger partial charge in [-0.3, -0.25) is 9.78 Å². The summed E-state index contributed by atoms with van der Waals surface area (Å²) in [4.78, 5) is 26.8. The highest BCUT2D eigenvalue weighted by Crippen LogP contribution is 2.28. The largest absolute Gasteiger partial charge is 0.355 e. The van der Waals surface area contributed by atoms with E-state index in [0.29, 0.717) is 5.56 Å². The number of nitrogens with zero attached hydrogens (tertiary/aromatic N) is 3. The highest BCUT2D eigenvalue weighted by atomic mass is 16.1. The van der Waals surface area contributed by atoms with E-state index in [2.05, 4.69) is 21.8 Å². The topological polar surface area (TPSA) is 61.9 Å². The Kier molecular flexibility index (Phi) is 3.99. The third kappa shape index (κ3) is 3.02. The lowest BCUT2D eigenvalue weighted by Crippen LogP contribution is -2.33. The van der Waals surface area contributed by atoms with Crippen molar-refractivity contribution in [3.63, 3.8) is 0 Å². The molecule has 1 fully saturated rings. The molecule has 1 saturated heterocycles. The number of aromatic nitrogens is 3. The van der Waals surface area contributed by atoms with Crippen molar-refractivity contribution in [1.82, 2.24) is 15.0 Å². The molecule has 3 heterocycles. The Morgan fingerprint density at radius 1 is 1.20 bits per heavy atom. The number of nitrogens with one attached hydrogen (secondary N) is 1. The number of piperidine rings is 1. The molecule has 3 aromatic rings. The molecule has 0 unspecified atom stereocenters. The van der Waals surface area contributed by atoms with Crippen molar-refractivity contribution in [1.29, 1.82) is 0 Å². The molecule has 0 aliphatic carbocycles. The third-order valence-corrected chi connectivity index (χ3v) is 4.99. The number of aryl methyl sites for hydroxylation is 1. The van der Waals surface area contributed by atoms with Crippen LogP contribution in [0.25, 0.3) is 22.2 Å². The van der Waals surface area contributed by atoms with Gasteiger partial charge >= 0.3 is 0 Å². The number of fused-ring (bicyclic) bond motifs is 1. The van der Waals surface area contributed by atoms with Crippen molar-refractivity contribution in [3.05, 3.63) is 52.6 Å². The summed E-state index contributed by atoms with van der Waals surface area (Å²) < 4.78 is 0. The van der Waals surface area contributed by atoms with Crippen LogP contribution >= 0.6 is 0 Å². The molecule has 1 aliphatic rings. The molecular weight excluding hydrogens is 312 g/mol. The van der Waals surface area contributed by atoms with Crippen LogP contribution in [0.15, 0.2) is 41.5 Å². The normalized spacial score (nSPS) is 15.7. The number of benzene rings is 1. The lowest BCUT2D eigenvalue weighted by Gasteiger charge is -2.31. The first kappa shape index (κ1) is 15.8. The minimum absolute atomic E-state index is 0.106. The second-order valence-corrected chi connectivity index (χ2v) is 6.99. The summed E-state index contributed by atoms with van der Waals surface area (Å²) in [5.74, 6) is 1.71. The van der Waals surface area contributed by atoms with E-state index in [4.69, 9.17) is 4.98 Å². The van der Waals surface area contributed by atoms with Crippen LogP contribution in [0.1, 0.15) is 25.3 Å². The number of anilines is 1. The van der Waals surface area contributed by atoms with Crippen molar-refractivity contribution in [2.75, 3.05) is 18.0 Å². The Morgan fingerprint density at radius 2 is 2.00 bits per heavy atom. The molecule has 0 atom stereocenters. The molecule has 5 heteroatoms. The summed E-state index contributed by atoms with van der Waals surface area (Å²) in [5, 5.41) is 0. The summed E-state index contributed by atoms with van der Waals surface area (Å²) in [5.41, 5.74) is 4.05. The fourth-order valence-corrected chi connectivity index (χ4v) is 3.48. The maximum absolute atomic E-state index is 12.2. The van der Waals surface area contributed by atoms with Gasteiger partial charge in [0.2, 0.25) is 0 Å². The molecule has 2 aromatic heterocycles. The maximum atomic E-state index is 12.2. The van der Waals surface area contributed by atoms with Gasteiger partial charge in [0.1, 0.15) is 5.82 Å². The Balaban J connectivity index is 1.82. The summed E-state index contributed by atoms with van der Waals surface area (Å²) in [7, 11) is 0. The molecule has 128 valence electrons. The Bertz CT molecular complexity index is 971. The quantitative estimate of drug-likeness (QED) is 0.779. The summed E-state index contributed by atoms with van der Waals surface area (Å²) in [6, 6.07) is 7.71. The maximum Gasteiger partial charge on any atom is 0.255 e. The number of hydrogen-bond acceptors (Lipinski definition) is 4. The molecule has 1 aromatic carbocycles. The fraction of sp³-hybridized carbons (Fsp3) is 0.350. The van der Waals surface area contributed by atoms with E-state index in [-0.39, 0.29) is 5.56 Å². The molecule has 4 rings (SSSR count). The van der Waals surface area contributed by atoms with Gasteiger partial charge in [0.15, 0.2) is 0 Å². The zero-order valence-corrected chi connectivity index (χ0v) is 14.6. The number of hydrogen-bond donors (Lipinski definition) is 1. The van der Waals surface area contributed by atoms with Gasteiger partial charge in [0.05, 0.1) is 17.2 Å². The SMILES string of the molecule is Cc1cc(-c2ccc[nH]c2=O)c2ncc(N3CCC(C)CC3)nc2c1. The van der Waals surface area contributed by atoms with Crippen LogP contribution in [0.5, 0.6) is 0 Å². The second-order valence-electron chi connectivity index (χ2n) is 6.99. The first-order valence-electron chi connectivity index (χ1n) is 8.82. The minimum Gasteiger partial charge on any atom is -0.355 e. The predicted molar refractivity (Wildman–Crippen MR) is 101 cm³/mol. The van der Waals surface area contributed by atoms with Gasteiger partial charge in [-0.05, 0) is 55.5 Å². The number of pyridine rings is 1. The zero-order valence-electron chi connectivity index (χ0n) is 14.6. The van der Waals surface area contributed by atoms with Crippen LogP contribution in [0, 0.1) is 12.8 Å². The minimum atomic E-state index is -0.106. The average Bonchev–Trinajstić information content (AvgIpc) is 2.61. The van der Waals surface area contributed by atoms with E-state index in [1.54, 1.807) is 6.20 Å². The van der Waals surface area contributed by atoms with E-state index >= 15 is 0 Å². The average molecular weight is 334 g/mol. The fourth-order valence-electron chi connectivity index (χ4n) is 3.48. The first-order valence-corrected chi connectivity index (χ1v) is 8.82. The number of H-pyrrole nitrogens is 1. The van der Waals surface area contributed by atoms with E-state index in [0.717, 1.165) is 47.0 Å². The van der Waals surface area contributed by atoms with Gasteiger partial charge in [-0.15, -0.1) is 0 Å². The van der Waals surface area contributed by atoms with Crippen LogP contribution in [0.4, 0.5) is 5.82 Å². The van der Waals surface area contributed by atoms with Gasteiger partial charge in [0.25, 0.3) is 5.56 Å². The van der Waals surface area contributed by atoms with E-state index in [1.807, 2.05) is 37.4 Å². The van der Waals surface area contributed by atoms with E-state index < -0.39 is 0 Å². The van der Waals surface area contributed by atoms with Crippen molar-refractivity contribution in [2.45, 2.75) is 26.7 Å². The van der Waals surface area contributed by atoms with E-state index in [9.17, 15) is 4.79 Å². The predicted octanol–water partition coefficient (Wildman–Crippen LogP) is 3.53. The molecule has 0 radical (unpaired) electrons.